The van der Waals surface area contributed by atoms with E-state index in [2.05, 4.69) is 42.5 Å². The number of carbonyl (C=O) groups is 2. The highest BCUT2D eigenvalue weighted by Gasteiger charge is 2.62. The Morgan fingerprint density at radius 1 is 0.697 bits per heavy atom. The minimum Gasteiger partial charge on any atom is -0.274 e. The summed E-state index contributed by atoms with van der Waals surface area (Å²) < 4.78 is 0. The molecule has 0 radical (unpaired) electrons. The maximum absolute atomic E-state index is 13.6. The zero-order valence-corrected chi connectivity index (χ0v) is 17.8. The highest BCUT2D eigenvalue weighted by atomic mass is 16.2. The molecule has 2 fully saturated rings. The molecule has 4 heteroatoms. The van der Waals surface area contributed by atoms with Crippen LogP contribution in [0, 0.1) is 35.0 Å². The van der Waals surface area contributed by atoms with Gasteiger partial charge in [-0.25, -0.2) is 4.90 Å². The third kappa shape index (κ3) is 2.76. The van der Waals surface area contributed by atoms with E-state index in [0.29, 0.717) is 11.3 Å². The van der Waals surface area contributed by atoms with Crippen LogP contribution in [-0.2, 0) is 9.59 Å². The first kappa shape index (κ1) is 19.5. The fraction of sp³-hybridized carbons (Fsp3) is 0.138. The minimum atomic E-state index is -0.434. The lowest BCUT2D eigenvalue weighted by atomic mass is 9.85. The molecule has 2 aliphatic carbocycles. The molecular weight excluding hydrogens is 408 g/mol. The van der Waals surface area contributed by atoms with E-state index in [1.807, 2.05) is 36.4 Å². The summed E-state index contributed by atoms with van der Waals surface area (Å²) in [6, 6.07) is 29.3. The van der Waals surface area contributed by atoms with Gasteiger partial charge in [-0.2, -0.15) is 5.26 Å². The summed E-state index contributed by atoms with van der Waals surface area (Å²) in [6.45, 7) is 0. The fourth-order valence-electron chi connectivity index (χ4n) is 5.81. The number of hydrogen-bond acceptors (Lipinski definition) is 3. The minimum absolute atomic E-state index is 0.133. The van der Waals surface area contributed by atoms with E-state index in [1.54, 1.807) is 24.3 Å². The summed E-state index contributed by atoms with van der Waals surface area (Å²) in [5, 5.41) is 9.52. The van der Waals surface area contributed by atoms with Gasteiger partial charge in [-0.1, -0.05) is 84.9 Å². The smallest absolute Gasteiger partial charge is 0.238 e. The van der Waals surface area contributed by atoms with Crippen molar-refractivity contribution < 1.29 is 9.59 Å². The van der Waals surface area contributed by atoms with Gasteiger partial charge in [0.2, 0.25) is 11.8 Å². The number of allylic oxidation sites excluding steroid dienone is 3. The first-order valence-corrected chi connectivity index (χ1v) is 11.1. The van der Waals surface area contributed by atoms with Crippen LogP contribution in [0.5, 0.6) is 0 Å². The quantitative estimate of drug-likeness (QED) is 0.437. The summed E-state index contributed by atoms with van der Waals surface area (Å²) in [7, 11) is 0. The molecule has 4 nitrogen and oxygen atoms in total. The molecule has 2 bridgehead atoms. The van der Waals surface area contributed by atoms with Crippen LogP contribution in [0.25, 0.3) is 5.57 Å². The van der Waals surface area contributed by atoms with Crippen LogP contribution in [-0.4, -0.2) is 11.8 Å². The number of nitriles is 1. The topological polar surface area (TPSA) is 61.2 Å². The largest absolute Gasteiger partial charge is 0.274 e. The molecule has 0 N–H and O–H groups in total. The predicted molar refractivity (Wildman–Crippen MR) is 126 cm³/mol. The van der Waals surface area contributed by atoms with Crippen LogP contribution in [0.3, 0.4) is 0 Å². The van der Waals surface area contributed by atoms with Gasteiger partial charge in [0, 0.05) is 11.8 Å². The van der Waals surface area contributed by atoms with E-state index >= 15 is 0 Å². The van der Waals surface area contributed by atoms with Gasteiger partial charge in [0.05, 0.1) is 23.1 Å². The second-order valence-electron chi connectivity index (χ2n) is 8.69. The van der Waals surface area contributed by atoms with Crippen LogP contribution >= 0.6 is 0 Å². The monoisotopic (exact) mass is 428 g/mol. The number of hydrogen-bond donors (Lipinski definition) is 0. The maximum atomic E-state index is 13.6. The van der Waals surface area contributed by atoms with E-state index < -0.39 is 11.8 Å². The lowest BCUT2D eigenvalue weighted by Crippen LogP contribution is -2.33. The van der Waals surface area contributed by atoms with Gasteiger partial charge in [-0.15, -0.1) is 0 Å². The Hall–Kier alpha value is -4.23. The van der Waals surface area contributed by atoms with Crippen molar-refractivity contribution in [1.82, 2.24) is 0 Å². The van der Waals surface area contributed by atoms with E-state index in [-0.39, 0.29) is 23.7 Å². The Morgan fingerprint density at radius 3 is 1.70 bits per heavy atom. The second kappa shape index (κ2) is 7.43. The SMILES string of the molecule is N#Cc1ccccc1N1C(=O)[C@@H]2[C@@H](C1=O)[C@H]1C=C[C@@H]2C1=C(c1ccccc1)c1ccccc1. The highest BCUT2D eigenvalue weighted by Crippen LogP contribution is 2.59. The molecule has 4 atom stereocenters. The zero-order chi connectivity index (χ0) is 22.5. The molecule has 0 spiro atoms. The first-order valence-electron chi connectivity index (χ1n) is 11.1. The molecule has 158 valence electrons. The number of benzene rings is 3. The van der Waals surface area contributed by atoms with Crippen LogP contribution in [0.4, 0.5) is 5.69 Å². The van der Waals surface area contributed by atoms with Crippen molar-refractivity contribution >= 4 is 23.1 Å². The molecule has 0 aromatic heterocycles. The van der Waals surface area contributed by atoms with E-state index in [1.165, 1.54) is 4.90 Å². The predicted octanol–water partition coefficient (Wildman–Crippen LogP) is 4.98. The number of amides is 2. The van der Waals surface area contributed by atoms with Crippen LogP contribution in [0.15, 0.2) is 103 Å². The molecule has 1 heterocycles. The van der Waals surface area contributed by atoms with Crippen molar-refractivity contribution in [2.45, 2.75) is 0 Å². The molecular formula is C29H20N2O2. The number of fused-ring (bicyclic) bond motifs is 5. The Bertz CT molecular complexity index is 1310. The maximum Gasteiger partial charge on any atom is 0.238 e. The fourth-order valence-corrected chi connectivity index (χ4v) is 5.81. The third-order valence-corrected chi connectivity index (χ3v) is 7.09. The Labute approximate surface area is 192 Å². The van der Waals surface area contributed by atoms with Crippen molar-refractivity contribution in [1.29, 1.82) is 5.26 Å². The number of nitrogens with zero attached hydrogens (tertiary/aromatic N) is 2. The summed E-state index contributed by atoms with van der Waals surface area (Å²) in [6.07, 6.45) is 4.19. The normalized spacial score (nSPS) is 24.8. The van der Waals surface area contributed by atoms with Gasteiger partial charge in [0.25, 0.3) is 0 Å². The Kier molecular flexibility index (Phi) is 4.38. The average Bonchev–Trinajstić information content (AvgIpc) is 3.50. The molecule has 6 rings (SSSR count). The van der Waals surface area contributed by atoms with Crippen molar-refractivity contribution in [3.8, 4) is 6.07 Å². The molecule has 1 saturated heterocycles. The molecule has 1 saturated carbocycles. The van der Waals surface area contributed by atoms with Crippen LogP contribution < -0.4 is 4.90 Å². The standard InChI is InChI=1S/C29H20N2O2/c30-17-20-13-7-8-14-23(20)31-28(32)26-21-15-16-22(27(26)29(31)33)25(21)24(18-9-3-1-4-10-18)19-11-5-2-6-12-19/h1-16,21-22,26-27H/t21-,22+,26-,27-/m0/s1. The van der Waals surface area contributed by atoms with E-state index in [0.717, 1.165) is 22.3 Å². The lowest BCUT2D eigenvalue weighted by Gasteiger charge is -2.22. The van der Waals surface area contributed by atoms with Crippen molar-refractivity contribution in [2.75, 3.05) is 4.90 Å². The molecule has 33 heavy (non-hydrogen) atoms. The van der Waals surface area contributed by atoms with Gasteiger partial charge in [0.15, 0.2) is 0 Å². The van der Waals surface area contributed by atoms with Crippen LogP contribution in [0.2, 0.25) is 0 Å². The van der Waals surface area contributed by atoms with Crippen molar-refractivity contribution in [3.05, 3.63) is 119 Å². The molecule has 3 aromatic rings. The number of carbonyl (C=O) groups excluding carboxylic acids is 2. The molecule has 2 amide bonds. The molecule has 3 aromatic carbocycles. The number of imide groups is 1. The number of anilines is 1. The summed E-state index contributed by atoms with van der Waals surface area (Å²) in [5.74, 6) is -1.55. The molecule has 0 unspecified atom stereocenters. The van der Waals surface area contributed by atoms with Crippen molar-refractivity contribution in [3.63, 3.8) is 0 Å². The Balaban J connectivity index is 1.50. The average molecular weight is 428 g/mol. The van der Waals surface area contributed by atoms with Gasteiger partial charge >= 0.3 is 0 Å². The van der Waals surface area contributed by atoms with Crippen LogP contribution in [0.1, 0.15) is 16.7 Å². The first-order chi connectivity index (χ1) is 16.2. The van der Waals surface area contributed by atoms with Crippen molar-refractivity contribution in [2.24, 2.45) is 23.7 Å². The summed E-state index contributed by atoms with van der Waals surface area (Å²) >= 11 is 0. The van der Waals surface area contributed by atoms with Gasteiger partial charge in [-0.3, -0.25) is 9.59 Å². The molecule has 3 aliphatic rings. The van der Waals surface area contributed by atoms with Gasteiger partial charge in [0.1, 0.15) is 6.07 Å². The summed E-state index contributed by atoms with van der Waals surface area (Å²) in [4.78, 5) is 28.5. The number of para-hydroxylation sites is 1. The third-order valence-electron chi connectivity index (χ3n) is 7.09. The van der Waals surface area contributed by atoms with E-state index in [9.17, 15) is 14.9 Å². The highest BCUT2D eigenvalue weighted by molar-refractivity contribution is 6.24. The number of rotatable bonds is 3. The lowest BCUT2D eigenvalue weighted by molar-refractivity contribution is -0.122. The van der Waals surface area contributed by atoms with Gasteiger partial charge < -0.3 is 0 Å². The molecule has 1 aliphatic heterocycles. The summed E-state index contributed by atoms with van der Waals surface area (Å²) in [5.41, 5.74) is 5.16. The van der Waals surface area contributed by atoms with E-state index in [4.69, 9.17) is 0 Å². The second-order valence-corrected chi connectivity index (χ2v) is 8.69. The zero-order valence-electron chi connectivity index (χ0n) is 17.8. The Morgan fingerprint density at radius 2 is 1.18 bits per heavy atom. The van der Waals surface area contributed by atoms with Gasteiger partial charge in [-0.05, 0) is 34.4 Å².